The number of aromatic carboxylic acids is 1. The molecule has 8 rings (SSSR count). The fraction of sp³-hybridized carbons (Fsp3) is 0.316. The lowest BCUT2D eigenvalue weighted by atomic mass is 9.97. The molecule has 0 atom stereocenters. The summed E-state index contributed by atoms with van der Waals surface area (Å²) in [4.78, 5) is 28.4. The minimum atomic E-state index is -0.998. The van der Waals surface area contributed by atoms with Gasteiger partial charge in [-0.05, 0) is 48.1 Å². The third kappa shape index (κ3) is 6.17. The fourth-order valence-corrected chi connectivity index (χ4v) is 9.54. The van der Waals surface area contributed by atoms with Crippen molar-refractivity contribution < 1.29 is 19.4 Å². The van der Waals surface area contributed by atoms with Gasteiger partial charge in [0.15, 0.2) is 0 Å². The summed E-state index contributed by atoms with van der Waals surface area (Å²) in [6, 6.07) is 18.5. The minimum Gasteiger partial charge on any atom is -0.493 e. The Kier molecular flexibility index (Phi) is 9.02. The molecule has 1 N–H and O–H groups in total. The molecule has 13 heteroatoms. The van der Waals surface area contributed by atoms with Crippen LogP contribution in [-0.4, -0.2) is 59.2 Å². The summed E-state index contributed by atoms with van der Waals surface area (Å²) in [6.45, 7) is 3.53. The van der Waals surface area contributed by atoms with Gasteiger partial charge in [-0.2, -0.15) is 10.2 Å². The lowest BCUT2D eigenvalue weighted by molar-refractivity contribution is -0.130. The summed E-state index contributed by atoms with van der Waals surface area (Å²) < 4.78 is 12.2. The predicted molar refractivity (Wildman–Crippen MR) is 203 cm³/mol. The van der Waals surface area contributed by atoms with Gasteiger partial charge in [-0.15, -0.1) is 23.5 Å². The molecule has 10 nitrogen and oxygen atoms in total. The van der Waals surface area contributed by atoms with Gasteiger partial charge in [0.2, 0.25) is 5.91 Å². The Morgan fingerprint density at radius 1 is 0.961 bits per heavy atom. The van der Waals surface area contributed by atoms with Crippen molar-refractivity contribution in [3.8, 4) is 16.9 Å². The number of aromatic nitrogens is 5. The van der Waals surface area contributed by atoms with Gasteiger partial charge in [0.05, 0.1) is 47.3 Å². The van der Waals surface area contributed by atoms with Crippen molar-refractivity contribution in [3.63, 3.8) is 0 Å². The molecule has 8 bridgehead atoms. The Hall–Kier alpha value is -4.39. The van der Waals surface area contributed by atoms with Gasteiger partial charge >= 0.3 is 5.97 Å². The van der Waals surface area contributed by atoms with Crippen LogP contribution < -0.4 is 4.74 Å². The SMILES string of the molecule is CC(=O)N1CCn2nc3c(c2C1)-c1c(Cl)ccc2c(c(C(=O)O)n(C)c12)CCCOc1cc(cc2ccccc12)SCc1cc(nn1C)CSC3. The highest BCUT2D eigenvalue weighted by Gasteiger charge is 2.31. The summed E-state index contributed by atoms with van der Waals surface area (Å²) in [5.41, 5.74) is 7.20. The number of carboxylic acid groups (broad SMARTS) is 1. The highest BCUT2D eigenvalue weighted by atomic mass is 35.5. The van der Waals surface area contributed by atoms with Gasteiger partial charge < -0.3 is 19.3 Å². The molecule has 3 aromatic heterocycles. The molecule has 5 heterocycles. The van der Waals surface area contributed by atoms with E-state index in [1.54, 1.807) is 42.1 Å². The van der Waals surface area contributed by atoms with E-state index in [9.17, 15) is 14.7 Å². The van der Waals surface area contributed by atoms with Gasteiger partial charge in [0, 0.05) is 77.3 Å². The molecule has 6 aromatic rings. The maximum Gasteiger partial charge on any atom is 0.352 e. The number of carbonyl (C=O) groups is 2. The quantitative estimate of drug-likeness (QED) is 0.183. The Labute approximate surface area is 308 Å². The van der Waals surface area contributed by atoms with Crippen LogP contribution in [-0.2, 0) is 55.7 Å². The average molecular weight is 741 g/mol. The van der Waals surface area contributed by atoms with Crippen molar-refractivity contribution in [3.05, 3.63) is 93.7 Å². The number of benzene rings is 3. The topological polar surface area (TPSA) is 107 Å². The fourth-order valence-electron chi connectivity index (χ4n) is 7.46. The molecular weight excluding hydrogens is 704 g/mol. The smallest absolute Gasteiger partial charge is 0.352 e. The number of aryl methyl sites for hydroxylation is 3. The number of hydrogen-bond donors (Lipinski definition) is 1. The third-order valence-electron chi connectivity index (χ3n) is 9.89. The molecule has 51 heavy (non-hydrogen) atoms. The van der Waals surface area contributed by atoms with Gasteiger partial charge in [-0.3, -0.25) is 14.2 Å². The second kappa shape index (κ2) is 13.6. The molecule has 0 saturated heterocycles. The number of rotatable bonds is 1. The Morgan fingerprint density at radius 2 is 1.80 bits per heavy atom. The van der Waals surface area contributed by atoms with E-state index in [0.29, 0.717) is 55.6 Å². The average Bonchev–Trinajstić information content (AvgIpc) is 3.75. The highest BCUT2D eigenvalue weighted by Crippen LogP contribution is 2.44. The lowest BCUT2D eigenvalue weighted by Crippen LogP contribution is -2.37. The summed E-state index contributed by atoms with van der Waals surface area (Å²) in [5.74, 6) is 1.84. The summed E-state index contributed by atoms with van der Waals surface area (Å²) >= 11 is 10.6. The van der Waals surface area contributed by atoms with Crippen LogP contribution in [0.3, 0.4) is 0 Å². The number of thioether (sulfide) groups is 2. The number of ether oxygens (including phenoxy) is 1. The van der Waals surface area contributed by atoms with Crippen molar-refractivity contribution in [1.29, 1.82) is 0 Å². The molecule has 1 amide bonds. The van der Waals surface area contributed by atoms with Gasteiger partial charge in [0.25, 0.3) is 0 Å². The van der Waals surface area contributed by atoms with Gasteiger partial charge in [-0.1, -0.05) is 41.9 Å². The highest BCUT2D eigenvalue weighted by molar-refractivity contribution is 7.98. The monoisotopic (exact) mass is 740 g/mol. The van der Waals surface area contributed by atoms with Crippen LogP contribution in [0.2, 0.25) is 5.02 Å². The second-order valence-electron chi connectivity index (χ2n) is 13.1. The zero-order valence-corrected chi connectivity index (χ0v) is 31.0. The first-order valence-electron chi connectivity index (χ1n) is 16.9. The zero-order valence-electron chi connectivity index (χ0n) is 28.6. The molecule has 0 spiro atoms. The largest absolute Gasteiger partial charge is 0.493 e. The molecular formula is C38H37ClN6O4S2. The van der Waals surface area contributed by atoms with E-state index in [0.717, 1.165) is 77.5 Å². The molecule has 0 unspecified atom stereocenters. The van der Waals surface area contributed by atoms with E-state index in [1.165, 1.54) is 0 Å². The van der Waals surface area contributed by atoms with E-state index in [1.807, 2.05) is 45.6 Å². The van der Waals surface area contributed by atoms with Gasteiger partial charge in [0.1, 0.15) is 11.4 Å². The third-order valence-corrected chi connectivity index (χ3v) is 12.2. The van der Waals surface area contributed by atoms with Crippen LogP contribution in [0.25, 0.3) is 32.8 Å². The number of fused-ring (bicyclic) bond motifs is 10. The van der Waals surface area contributed by atoms with E-state index in [-0.39, 0.29) is 11.6 Å². The van der Waals surface area contributed by atoms with Crippen LogP contribution in [0.5, 0.6) is 5.75 Å². The first-order valence-corrected chi connectivity index (χ1v) is 19.4. The number of carbonyl (C=O) groups excluding carboxylic acids is 1. The first kappa shape index (κ1) is 33.7. The number of carboxylic acids is 1. The molecule has 0 fully saturated rings. The molecule has 0 radical (unpaired) electrons. The van der Waals surface area contributed by atoms with Crippen molar-refractivity contribution in [2.45, 2.75) is 55.0 Å². The molecule has 0 aliphatic carbocycles. The minimum absolute atomic E-state index is 0.00212. The zero-order chi connectivity index (χ0) is 35.4. The number of nitrogens with zero attached hydrogens (tertiary/aromatic N) is 6. The van der Waals surface area contributed by atoms with Crippen LogP contribution in [0.15, 0.2) is 59.5 Å². The summed E-state index contributed by atoms with van der Waals surface area (Å²) in [7, 11) is 3.78. The number of amides is 1. The van der Waals surface area contributed by atoms with Crippen LogP contribution in [0.4, 0.5) is 0 Å². The summed E-state index contributed by atoms with van der Waals surface area (Å²) in [5, 5.41) is 24.0. The molecule has 0 saturated carbocycles. The van der Waals surface area contributed by atoms with Crippen LogP contribution >= 0.6 is 35.1 Å². The standard InChI is InChI=1S/C38H37ClN6O4S2/c1-22(46)44-12-13-45-32(18-44)35-31(41-45)21-50-19-24-16-25(43(3)40-24)20-51-26-15-23-7-4-5-8-27(23)33(17-26)49-14-6-9-28-29-10-11-30(39)34(35)36(29)42(2)37(28)38(47)48/h4-5,7-8,10-11,15-17H,6,9,12-14,18-21H2,1-3H3,(H,47,48). The molecule has 262 valence electrons. The molecule has 3 aromatic carbocycles. The first-order chi connectivity index (χ1) is 24.7. The van der Waals surface area contributed by atoms with E-state index in [4.69, 9.17) is 26.5 Å². The second-order valence-corrected chi connectivity index (χ2v) is 15.5. The van der Waals surface area contributed by atoms with E-state index < -0.39 is 5.97 Å². The van der Waals surface area contributed by atoms with E-state index in [2.05, 4.69) is 30.3 Å². The van der Waals surface area contributed by atoms with Crippen molar-refractivity contribution in [2.75, 3.05) is 13.2 Å². The Bertz CT molecular complexity index is 2360. The summed E-state index contributed by atoms with van der Waals surface area (Å²) in [6.07, 6.45) is 1.11. The Balaban J connectivity index is 1.27. The van der Waals surface area contributed by atoms with Crippen LogP contribution in [0, 0.1) is 0 Å². The maximum absolute atomic E-state index is 12.9. The normalized spacial score (nSPS) is 15.3. The Morgan fingerprint density at radius 3 is 2.63 bits per heavy atom. The van der Waals surface area contributed by atoms with Gasteiger partial charge in [-0.25, -0.2) is 4.79 Å². The predicted octanol–water partition coefficient (Wildman–Crippen LogP) is 7.69. The molecule has 2 aliphatic heterocycles. The van der Waals surface area contributed by atoms with Crippen molar-refractivity contribution in [1.82, 2.24) is 29.0 Å². The number of hydrogen-bond acceptors (Lipinski definition) is 7. The maximum atomic E-state index is 12.9. The molecule has 2 aliphatic rings. The van der Waals surface area contributed by atoms with Crippen molar-refractivity contribution >= 4 is 68.7 Å². The van der Waals surface area contributed by atoms with Crippen LogP contribution in [0.1, 0.15) is 52.2 Å². The van der Waals surface area contributed by atoms with Crippen molar-refractivity contribution in [2.24, 2.45) is 14.1 Å². The number of halogens is 1. The van der Waals surface area contributed by atoms with E-state index >= 15 is 0 Å². The lowest BCUT2D eigenvalue weighted by Gasteiger charge is -2.27.